The number of nitrogens with zero attached hydrogens (tertiary/aromatic N) is 3. The molecule has 3 nitrogen and oxygen atoms in total. The Bertz CT molecular complexity index is 438. The largest absolute Gasteiger partial charge is 0.416 e. The van der Waals surface area contributed by atoms with Crippen LogP contribution >= 0.6 is 23.2 Å². The summed E-state index contributed by atoms with van der Waals surface area (Å²) in [6.45, 7) is 0. The van der Waals surface area contributed by atoms with Crippen molar-refractivity contribution in [2.45, 2.75) is 6.18 Å². The van der Waals surface area contributed by atoms with Gasteiger partial charge in [0.15, 0.2) is 0 Å². The van der Waals surface area contributed by atoms with Crippen LogP contribution in [0.4, 0.5) is 18.9 Å². The molecule has 0 spiro atoms. The number of azide groups is 1. The first-order valence-electron chi connectivity index (χ1n) is 3.48. The fourth-order valence-corrected chi connectivity index (χ4v) is 1.27. The van der Waals surface area contributed by atoms with Gasteiger partial charge in [-0.1, -0.05) is 28.3 Å². The van der Waals surface area contributed by atoms with Gasteiger partial charge in [0.25, 0.3) is 0 Å². The van der Waals surface area contributed by atoms with Crippen LogP contribution in [0.25, 0.3) is 10.4 Å². The number of benzene rings is 1. The number of hydrogen-bond acceptors (Lipinski definition) is 1. The molecule has 1 rings (SSSR count). The molecule has 1 aromatic carbocycles. The van der Waals surface area contributed by atoms with Crippen molar-refractivity contribution < 1.29 is 13.2 Å². The third kappa shape index (κ3) is 2.47. The molecular weight excluding hydrogens is 254 g/mol. The van der Waals surface area contributed by atoms with Crippen molar-refractivity contribution in [3.05, 3.63) is 38.2 Å². The van der Waals surface area contributed by atoms with Crippen molar-refractivity contribution in [2.24, 2.45) is 5.11 Å². The summed E-state index contributed by atoms with van der Waals surface area (Å²) < 4.78 is 37.2. The lowest BCUT2D eigenvalue weighted by Gasteiger charge is -2.11. The second kappa shape index (κ2) is 4.18. The zero-order valence-electron chi connectivity index (χ0n) is 6.89. The van der Waals surface area contributed by atoms with E-state index in [1.807, 2.05) is 0 Å². The van der Waals surface area contributed by atoms with E-state index in [1.165, 1.54) is 0 Å². The highest BCUT2D eigenvalue weighted by atomic mass is 35.5. The Kier molecular flexibility index (Phi) is 3.34. The Labute approximate surface area is 92.0 Å². The maximum atomic E-state index is 12.4. The Morgan fingerprint density at radius 3 is 2.33 bits per heavy atom. The van der Waals surface area contributed by atoms with Crippen molar-refractivity contribution in [3.63, 3.8) is 0 Å². The molecule has 0 heterocycles. The smallest absolute Gasteiger partial charge is 0.166 e. The second-order valence-electron chi connectivity index (χ2n) is 2.44. The number of rotatable bonds is 1. The van der Waals surface area contributed by atoms with Gasteiger partial charge in [-0.2, -0.15) is 13.2 Å². The SMILES string of the molecule is [N-]=[N+]=Nc1c(C(F)(F)F)ccc(Cl)c1Cl. The van der Waals surface area contributed by atoms with E-state index in [0.717, 1.165) is 6.07 Å². The predicted octanol–water partition coefficient (Wildman–Crippen LogP) is 4.95. The Morgan fingerprint density at radius 2 is 1.87 bits per heavy atom. The second-order valence-corrected chi connectivity index (χ2v) is 3.23. The first-order valence-corrected chi connectivity index (χ1v) is 4.24. The summed E-state index contributed by atoms with van der Waals surface area (Å²) in [5.41, 5.74) is 6.29. The molecule has 0 aromatic heterocycles. The highest BCUT2D eigenvalue weighted by molar-refractivity contribution is 6.43. The molecule has 0 saturated carbocycles. The molecular formula is C7H2Cl2F3N3. The van der Waals surface area contributed by atoms with E-state index in [-0.39, 0.29) is 5.02 Å². The molecule has 0 fully saturated rings. The van der Waals surface area contributed by atoms with E-state index < -0.39 is 22.4 Å². The molecule has 0 atom stereocenters. The van der Waals surface area contributed by atoms with E-state index in [9.17, 15) is 13.2 Å². The Balaban J connectivity index is 3.54. The molecule has 8 heteroatoms. The minimum atomic E-state index is -4.64. The molecule has 1 aromatic rings. The van der Waals surface area contributed by atoms with Gasteiger partial charge in [-0.15, -0.1) is 0 Å². The first kappa shape index (κ1) is 12.0. The van der Waals surface area contributed by atoms with Gasteiger partial charge in [-0.25, -0.2) is 0 Å². The van der Waals surface area contributed by atoms with Gasteiger partial charge in [-0.3, -0.25) is 0 Å². The quantitative estimate of drug-likeness (QED) is 0.387. The fraction of sp³-hybridized carbons (Fsp3) is 0.143. The zero-order valence-corrected chi connectivity index (χ0v) is 8.40. The molecule has 0 unspecified atom stereocenters. The molecule has 0 radical (unpaired) electrons. The molecule has 0 aliphatic rings. The third-order valence-electron chi connectivity index (χ3n) is 1.52. The monoisotopic (exact) mass is 255 g/mol. The van der Waals surface area contributed by atoms with Gasteiger partial charge in [0.05, 0.1) is 21.3 Å². The number of alkyl halides is 3. The van der Waals surface area contributed by atoms with Crippen LogP contribution in [-0.4, -0.2) is 0 Å². The van der Waals surface area contributed by atoms with Gasteiger partial charge < -0.3 is 0 Å². The van der Waals surface area contributed by atoms with E-state index in [1.54, 1.807) is 0 Å². The summed E-state index contributed by atoms with van der Waals surface area (Å²) in [6, 6.07) is 1.70. The summed E-state index contributed by atoms with van der Waals surface area (Å²) in [5, 5.41) is 2.36. The molecule has 15 heavy (non-hydrogen) atoms. The zero-order chi connectivity index (χ0) is 11.6. The maximum Gasteiger partial charge on any atom is 0.416 e. The average molecular weight is 256 g/mol. The topological polar surface area (TPSA) is 48.8 Å². The summed E-state index contributed by atoms with van der Waals surface area (Å²) in [4.78, 5) is 2.26. The predicted molar refractivity (Wildman–Crippen MR) is 50.3 cm³/mol. The lowest BCUT2D eigenvalue weighted by molar-refractivity contribution is -0.137. The lowest BCUT2D eigenvalue weighted by atomic mass is 10.2. The van der Waals surface area contributed by atoms with Crippen molar-refractivity contribution >= 4 is 28.9 Å². The van der Waals surface area contributed by atoms with Crippen LogP contribution in [0.1, 0.15) is 5.56 Å². The maximum absolute atomic E-state index is 12.4. The number of halogens is 5. The van der Waals surface area contributed by atoms with Crippen molar-refractivity contribution in [2.75, 3.05) is 0 Å². The van der Waals surface area contributed by atoms with E-state index >= 15 is 0 Å². The summed E-state index contributed by atoms with van der Waals surface area (Å²) in [6.07, 6.45) is -4.64. The highest BCUT2D eigenvalue weighted by Gasteiger charge is 2.34. The van der Waals surface area contributed by atoms with Crippen LogP contribution in [0, 0.1) is 0 Å². The molecule has 0 aliphatic heterocycles. The van der Waals surface area contributed by atoms with Crippen molar-refractivity contribution in [3.8, 4) is 0 Å². The van der Waals surface area contributed by atoms with Crippen molar-refractivity contribution in [1.29, 1.82) is 0 Å². The Morgan fingerprint density at radius 1 is 1.27 bits per heavy atom. The average Bonchev–Trinajstić information content (AvgIpc) is 2.11. The summed E-state index contributed by atoms with van der Waals surface area (Å²) >= 11 is 11.0. The molecule has 0 N–H and O–H groups in total. The fourth-order valence-electron chi connectivity index (χ4n) is 0.911. The summed E-state index contributed by atoms with van der Waals surface area (Å²) in [7, 11) is 0. The first-order chi connectivity index (χ1) is 6.88. The Hall–Kier alpha value is -1.10. The van der Waals surface area contributed by atoms with Gasteiger partial charge in [0.2, 0.25) is 0 Å². The molecule has 0 saturated heterocycles. The molecule has 80 valence electrons. The standard InChI is InChI=1S/C7H2Cl2F3N3/c8-4-2-1-3(7(10,11)12)6(5(4)9)14-15-13/h1-2H. The van der Waals surface area contributed by atoms with Crippen LogP contribution in [0.2, 0.25) is 10.0 Å². The van der Waals surface area contributed by atoms with Crippen LogP contribution in [0.3, 0.4) is 0 Å². The third-order valence-corrected chi connectivity index (χ3v) is 2.31. The molecule has 0 amide bonds. The van der Waals surface area contributed by atoms with Crippen molar-refractivity contribution in [1.82, 2.24) is 0 Å². The minimum Gasteiger partial charge on any atom is -0.166 e. The molecule has 0 aliphatic carbocycles. The van der Waals surface area contributed by atoms with E-state index in [0.29, 0.717) is 6.07 Å². The van der Waals surface area contributed by atoms with Gasteiger partial charge in [0.1, 0.15) is 0 Å². The van der Waals surface area contributed by atoms with Gasteiger partial charge in [-0.05, 0) is 17.7 Å². The van der Waals surface area contributed by atoms with Crippen LogP contribution < -0.4 is 0 Å². The van der Waals surface area contributed by atoms with Gasteiger partial charge in [0, 0.05) is 4.91 Å². The van der Waals surface area contributed by atoms with Crippen LogP contribution in [0.5, 0.6) is 0 Å². The lowest BCUT2D eigenvalue weighted by Crippen LogP contribution is -2.05. The van der Waals surface area contributed by atoms with Crippen LogP contribution in [-0.2, 0) is 6.18 Å². The number of hydrogen-bond donors (Lipinski definition) is 0. The normalized spacial score (nSPS) is 11.0. The van der Waals surface area contributed by atoms with E-state index in [2.05, 4.69) is 10.0 Å². The van der Waals surface area contributed by atoms with Gasteiger partial charge >= 0.3 is 6.18 Å². The van der Waals surface area contributed by atoms with E-state index in [4.69, 9.17) is 28.7 Å². The summed E-state index contributed by atoms with van der Waals surface area (Å²) in [5.74, 6) is 0. The molecule has 0 bridgehead atoms. The highest BCUT2D eigenvalue weighted by Crippen LogP contribution is 2.43. The van der Waals surface area contributed by atoms with Crippen LogP contribution in [0.15, 0.2) is 17.2 Å². The minimum absolute atomic E-state index is 0.105.